The fourth-order valence-electron chi connectivity index (χ4n) is 1.92. The van der Waals surface area contributed by atoms with E-state index < -0.39 is 0 Å². The average molecular weight is 295 g/mol. The summed E-state index contributed by atoms with van der Waals surface area (Å²) in [6, 6.07) is 2.18. The van der Waals surface area contributed by atoms with Crippen molar-refractivity contribution in [3.05, 3.63) is 19.8 Å². The molecule has 1 heterocycles. The quantitative estimate of drug-likeness (QED) is 0.888. The van der Waals surface area contributed by atoms with Crippen LogP contribution in [0.5, 0.6) is 0 Å². The predicted octanol–water partition coefficient (Wildman–Crippen LogP) is 4.21. The highest BCUT2D eigenvalue weighted by molar-refractivity contribution is 9.11. The molecule has 1 unspecified atom stereocenters. The van der Waals surface area contributed by atoms with Crippen LogP contribution in [0.15, 0.2) is 9.85 Å². The van der Waals surface area contributed by atoms with Gasteiger partial charge in [-0.25, -0.2) is 0 Å². The maximum Gasteiger partial charge on any atom is 0.0887 e. The van der Waals surface area contributed by atoms with Gasteiger partial charge in [0.1, 0.15) is 0 Å². The minimum atomic E-state index is 0.189. The zero-order valence-electron chi connectivity index (χ0n) is 7.97. The summed E-state index contributed by atoms with van der Waals surface area (Å²) in [6.07, 6.45) is 2.53. The second-order valence-electron chi connectivity index (χ2n) is 3.86. The van der Waals surface area contributed by atoms with E-state index in [0.29, 0.717) is 5.92 Å². The Morgan fingerprint density at radius 3 is 2.93 bits per heavy atom. The number of hydrogen-bond acceptors (Lipinski definition) is 2. The molecule has 0 aromatic carbocycles. The number of nitrogens with two attached hydrogens (primary N) is 1. The van der Waals surface area contributed by atoms with Gasteiger partial charge in [0.05, 0.1) is 8.81 Å². The minimum Gasteiger partial charge on any atom is -0.323 e. The topological polar surface area (TPSA) is 26.0 Å². The molecule has 1 aliphatic carbocycles. The van der Waals surface area contributed by atoms with Crippen molar-refractivity contribution in [3.63, 3.8) is 0 Å². The van der Waals surface area contributed by atoms with Gasteiger partial charge in [0.25, 0.3) is 0 Å². The van der Waals surface area contributed by atoms with E-state index >= 15 is 0 Å². The number of rotatable bonds is 3. The van der Waals surface area contributed by atoms with Gasteiger partial charge in [-0.05, 0) is 40.3 Å². The van der Waals surface area contributed by atoms with E-state index in [1.165, 1.54) is 17.7 Å². The molecule has 4 heteroatoms. The minimum absolute atomic E-state index is 0.189. The van der Waals surface area contributed by atoms with Crippen molar-refractivity contribution in [2.75, 3.05) is 0 Å². The average Bonchev–Trinajstić information content (AvgIpc) is 2.87. The van der Waals surface area contributed by atoms with E-state index in [-0.39, 0.29) is 6.04 Å². The Labute approximate surface area is 102 Å². The third-order valence-corrected chi connectivity index (χ3v) is 5.53. The monoisotopic (exact) mass is 293 g/mol. The number of thiophene rings is 1. The standard InChI is InChI=1S/C10H13BrClNS/c1-2-5-3-6(5)9(13)8-4-7(12)10(11)14-8/h4-6,9H,2-3,13H2,1H3/t5-,6-,9?/m1/s1. The second kappa shape index (κ2) is 4.12. The van der Waals surface area contributed by atoms with Gasteiger partial charge >= 0.3 is 0 Å². The maximum absolute atomic E-state index is 6.18. The normalized spacial score (nSPS) is 27.7. The zero-order chi connectivity index (χ0) is 10.3. The van der Waals surface area contributed by atoms with Crippen molar-refractivity contribution in [3.8, 4) is 0 Å². The van der Waals surface area contributed by atoms with Gasteiger partial charge < -0.3 is 5.73 Å². The fourth-order valence-corrected chi connectivity index (χ4v) is 3.74. The molecular weight excluding hydrogens is 282 g/mol. The van der Waals surface area contributed by atoms with Crippen LogP contribution in [0, 0.1) is 11.8 Å². The molecule has 0 saturated heterocycles. The first kappa shape index (κ1) is 10.9. The molecule has 14 heavy (non-hydrogen) atoms. The van der Waals surface area contributed by atoms with Gasteiger partial charge in [-0.1, -0.05) is 24.9 Å². The molecule has 2 rings (SSSR count). The summed E-state index contributed by atoms with van der Waals surface area (Å²) >= 11 is 11.1. The molecule has 0 bridgehead atoms. The van der Waals surface area contributed by atoms with Crippen LogP contribution in [0.2, 0.25) is 5.02 Å². The van der Waals surface area contributed by atoms with Crippen molar-refractivity contribution >= 4 is 38.9 Å². The zero-order valence-corrected chi connectivity index (χ0v) is 11.1. The summed E-state index contributed by atoms with van der Waals surface area (Å²) in [7, 11) is 0. The highest BCUT2D eigenvalue weighted by Gasteiger charge is 2.41. The van der Waals surface area contributed by atoms with Crippen molar-refractivity contribution in [2.24, 2.45) is 17.6 Å². The van der Waals surface area contributed by atoms with E-state index in [9.17, 15) is 0 Å². The van der Waals surface area contributed by atoms with E-state index in [1.807, 2.05) is 6.07 Å². The predicted molar refractivity (Wildman–Crippen MR) is 65.8 cm³/mol. The third-order valence-electron chi connectivity index (χ3n) is 2.96. The van der Waals surface area contributed by atoms with E-state index in [4.69, 9.17) is 17.3 Å². The molecule has 2 N–H and O–H groups in total. The molecule has 1 aromatic rings. The smallest absolute Gasteiger partial charge is 0.0887 e. The second-order valence-corrected chi connectivity index (χ2v) is 6.67. The van der Waals surface area contributed by atoms with Gasteiger partial charge in [0, 0.05) is 10.9 Å². The summed E-state index contributed by atoms with van der Waals surface area (Å²) in [6.45, 7) is 2.23. The number of hydrogen-bond donors (Lipinski definition) is 1. The molecular formula is C10H13BrClNS. The van der Waals surface area contributed by atoms with Gasteiger partial charge in [-0.2, -0.15) is 0 Å². The van der Waals surface area contributed by atoms with Crippen LogP contribution in [-0.2, 0) is 0 Å². The Kier molecular flexibility index (Phi) is 3.22. The Balaban J connectivity index is 2.08. The summed E-state index contributed by atoms with van der Waals surface area (Å²) < 4.78 is 0.998. The molecule has 0 amide bonds. The van der Waals surface area contributed by atoms with E-state index in [0.717, 1.165) is 14.7 Å². The molecule has 1 aliphatic rings. The molecule has 1 saturated carbocycles. The van der Waals surface area contributed by atoms with Crippen LogP contribution in [-0.4, -0.2) is 0 Å². The Hall–Kier alpha value is 0.430. The molecule has 1 aromatic heterocycles. The van der Waals surface area contributed by atoms with Crippen LogP contribution in [0.4, 0.5) is 0 Å². The Morgan fingerprint density at radius 2 is 2.50 bits per heavy atom. The third kappa shape index (κ3) is 2.01. The van der Waals surface area contributed by atoms with Crippen molar-refractivity contribution in [1.82, 2.24) is 0 Å². The van der Waals surface area contributed by atoms with Crippen molar-refractivity contribution in [1.29, 1.82) is 0 Å². The van der Waals surface area contributed by atoms with Gasteiger partial charge in [0.15, 0.2) is 0 Å². The maximum atomic E-state index is 6.18. The lowest BCUT2D eigenvalue weighted by Crippen LogP contribution is -2.11. The van der Waals surface area contributed by atoms with Gasteiger partial charge in [-0.3, -0.25) is 0 Å². The summed E-state index contributed by atoms with van der Waals surface area (Å²) in [5.74, 6) is 1.52. The lowest BCUT2D eigenvalue weighted by molar-refractivity contribution is 0.574. The van der Waals surface area contributed by atoms with Crippen LogP contribution >= 0.6 is 38.9 Å². The summed E-state index contributed by atoms with van der Waals surface area (Å²) in [4.78, 5) is 1.21. The fraction of sp³-hybridized carbons (Fsp3) is 0.600. The molecule has 78 valence electrons. The van der Waals surface area contributed by atoms with Crippen LogP contribution < -0.4 is 5.73 Å². The Bertz CT molecular complexity index is 319. The first-order chi connectivity index (χ1) is 6.63. The molecule has 0 spiro atoms. The number of halogens is 2. The lowest BCUT2D eigenvalue weighted by Gasteiger charge is -2.07. The summed E-state index contributed by atoms with van der Waals surface area (Å²) in [5.41, 5.74) is 6.18. The highest BCUT2D eigenvalue weighted by Crippen LogP contribution is 2.50. The van der Waals surface area contributed by atoms with E-state index in [2.05, 4.69) is 22.9 Å². The summed E-state index contributed by atoms with van der Waals surface area (Å²) in [5, 5.41) is 0.786. The van der Waals surface area contributed by atoms with Crippen LogP contribution in [0.25, 0.3) is 0 Å². The van der Waals surface area contributed by atoms with Gasteiger partial charge in [0.2, 0.25) is 0 Å². The first-order valence-electron chi connectivity index (χ1n) is 4.83. The first-order valence-corrected chi connectivity index (χ1v) is 6.82. The van der Waals surface area contributed by atoms with Crippen molar-refractivity contribution in [2.45, 2.75) is 25.8 Å². The Morgan fingerprint density at radius 1 is 1.79 bits per heavy atom. The van der Waals surface area contributed by atoms with Crippen molar-refractivity contribution < 1.29 is 0 Å². The molecule has 3 atom stereocenters. The molecule has 1 nitrogen and oxygen atoms in total. The van der Waals surface area contributed by atoms with Gasteiger partial charge in [-0.15, -0.1) is 11.3 Å². The van der Waals surface area contributed by atoms with Crippen LogP contribution in [0.3, 0.4) is 0 Å². The van der Waals surface area contributed by atoms with E-state index in [1.54, 1.807) is 11.3 Å². The highest BCUT2D eigenvalue weighted by atomic mass is 79.9. The molecule has 0 radical (unpaired) electrons. The van der Waals surface area contributed by atoms with Crippen LogP contribution in [0.1, 0.15) is 30.7 Å². The largest absolute Gasteiger partial charge is 0.323 e. The molecule has 0 aliphatic heterocycles. The lowest BCUT2D eigenvalue weighted by atomic mass is 10.1. The molecule has 1 fully saturated rings. The SMILES string of the molecule is CC[C@@H]1C[C@H]1C(N)c1cc(Cl)c(Br)s1.